The Labute approximate surface area is 152 Å². The number of sulfone groups is 1. The van der Waals surface area contributed by atoms with Gasteiger partial charge in [0.25, 0.3) is 5.91 Å². The number of benzene rings is 1. The Morgan fingerprint density at radius 3 is 2.62 bits per heavy atom. The summed E-state index contributed by atoms with van der Waals surface area (Å²) >= 11 is 0. The maximum absolute atomic E-state index is 12.3. The van der Waals surface area contributed by atoms with Crippen molar-refractivity contribution in [3.8, 4) is 11.5 Å². The molecule has 2 rings (SSSR count). The van der Waals surface area contributed by atoms with Gasteiger partial charge in [-0.2, -0.15) is 0 Å². The SMILES string of the molecule is CCOc1cc(C(=O)O[C@H](C)C(=O)N[C@@H]2CCS(=O)(=O)C2)ccc1OC. The van der Waals surface area contributed by atoms with Crippen molar-refractivity contribution in [1.29, 1.82) is 0 Å². The number of esters is 1. The van der Waals surface area contributed by atoms with Gasteiger partial charge >= 0.3 is 5.97 Å². The fourth-order valence-electron chi connectivity index (χ4n) is 2.58. The smallest absolute Gasteiger partial charge is 0.339 e. The molecule has 0 spiro atoms. The van der Waals surface area contributed by atoms with Crippen LogP contribution >= 0.6 is 0 Å². The van der Waals surface area contributed by atoms with E-state index in [1.54, 1.807) is 13.0 Å². The molecule has 2 atom stereocenters. The summed E-state index contributed by atoms with van der Waals surface area (Å²) in [5.41, 5.74) is 0.220. The quantitative estimate of drug-likeness (QED) is 0.696. The second-order valence-corrected chi connectivity index (χ2v) is 8.18. The molecular weight excluding hydrogens is 362 g/mol. The van der Waals surface area contributed by atoms with Crippen molar-refractivity contribution in [1.82, 2.24) is 5.32 Å². The molecule has 1 saturated heterocycles. The monoisotopic (exact) mass is 385 g/mol. The van der Waals surface area contributed by atoms with E-state index in [1.165, 1.54) is 26.2 Å². The number of methoxy groups -OCH3 is 1. The molecule has 0 aromatic heterocycles. The standard InChI is InChI=1S/C17H23NO7S/c1-4-24-15-9-12(5-6-14(15)23-3)17(20)25-11(2)16(19)18-13-7-8-26(21,22)10-13/h5-6,9,11,13H,4,7-8,10H2,1-3H3,(H,18,19)/t11-,13-/m1/s1. The van der Waals surface area contributed by atoms with Crippen molar-refractivity contribution >= 4 is 21.7 Å². The molecule has 1 N–H and O–H groups in total. The second-order valence-electron chi connectivity index (χ2n) is 5.95. The Morgan fingerprint density at radius 1 is 1.31 bits per heavy atom. The highest BCUT2D eigenvalue weighted by atomic mass is 32.2. The van der Waals surface area contributed by atoms with Gasteiger partial charge < -0.3 is 19.5 Å². The topological polar surface area (TPSA) is 108 Å². The van der Waals surface area contributed by atoms with E-state index >= 15 is 0 Å². The predicted molar refractivity (Wildman–Crippen MR) is 94.2 cm³/mol. The maximum atomic E-state index is 12.3. The molecule has 1 aliphatic rings. The Balaban J connectivity index is 1.98. The van der Waals surface area contributed by atoms with Gasteiger partial charge in [0.2, 0.25) is 0 Å². The van der Waals surface area contributed by atoms with E-state index in [-0.39, 0.29) is 17.1 Å². The number of amides is 1. The van der Waals surface area contributed by atoms with Crippen molar-refractivity contribution in [3.63, 3.8) is 0 Å². The largest absolute Gasteiger partial charge is 0.493 e. The minimum atomic E-state index is -3.10. The van der Waals surface area contributed by atoms with E-state index in [0.717, 1.165) is 0 Å². The third-order valence-corrected chi connectivity index (χ3v) is 5.70. The van der Waals surface area contributed by atoms with Crippen molar-refractivity contribution in [2.45, 2.75) is 32.4 Å². The summed E-state index contributed by atoms with van der Waals surface area (Å²) in [7, 11) is -1.61. The van der Waals surface area contributed by atoms with E-state index in [9.17, 15) is 18.0 Å². The van der Waals surface area contributed by atoms with Crippen molar-refractivity contribution < 1.29 is 32.2 Å². The normalized spacial score (nSPS) is 19.4. The van der Waals surface area contributed by atoms with Gasteiger partial charge in [-0.1, -0.05) is 0 Å². The summed E-state index contributed by atoms with van der Waals surface area (Å²) in [4.78, 5) is 24.4. The molecular formula is C17H23NO7S. The molecule has 26 heavy (non-hydrogen) atoms. The van der Waals surface area contributed by atoms with E-state index in [2.05, 4.69) is 5.32 Å². The average Bonchev–Trinajstić information content (AvgIpc) is 2.93. The number of hydrogen-bond donors (Lipinski definition) is 1. The van der Waals surface area contributed by atoms with Gasteiger partial charge in [0.05, 0.1) is 30.8 Å². The number of ether oxygens (including phenoxy) is 3. The highest BCUT2D eigenvalue weighted by Crippen LogP contribution is 2.28. The summed E-state index contributed by atoms with van der Waals surface area (Å²) in [6, 6.07) is 4.13. The predicted octanol–water partition coefficient (Wildman–Crippen LogP) is 0.943. The molecule has 1 amide bonds. The van der Waals surface area contributed by atoms with Crippen LogP contribution in [0.3, 0.4) is 0 Å². The molecule has 0 saturated carbocycles. The van der Waals surface area contributed by atoms with Crippen LogP contribution in [0.5, 0.6) is 11.5 Å². The molecule has 9 heteroatoms. The second kappa shape index (κ2) is 8.39. The number of carbonyl (C=O) groups excluding carboxylic acids is 2. The van der Waals surface area contributed by atoms with Gasteiger partial charge in [0.1, 0.15) is 0 Å². The first kappa shape index (κ1) is 20.0. The molecule has 0 radical (unpaired) electrons. The molecule has 8 nitrogen and oxygen atoms in total. The van der Waals surface area contributed by atoms with E-state index in [0.29, 0.717) is 24.5 Å². The van der Waals surface area contributed by atoms with E-state index < -0.39 is 33.9 Å². The molecule has 1 fully saturated rings. The maximum Gasteiger partial charge on any atom is 0.339 e. The summed E-state index contributed by atoms with van der Waals surface area (Å²) in [6.07, 6.45) is -0.686. The molecule has 0 bridgehead atoms. The number of hydrogen-bond acceptors (Lipinski definition) is 7. The third-order valence-electron chi connectivity index (χ3n) is 3.93. The summed E-state index contributed by atoms with van der Waals surface area (Å²) in [5.74, 6) is -0.364. The number of carbonyl (C=O) groups is 2. The van der Waals surface area contributed by atoms with Crippen molar-refractivity contribution in [2.75, 3.05) is 25.2 Å². The number of nitrogens with one attached hydrogen (secondary N) is 1. The van der Waals surface area contributed by atoms with Crippen LogP contribution < -0.4 is 14.8 Å². The highest BCUT2D eigenvalue weighted by Gasteiger charge is 2.30. The molecule has 1 aliphatic heterocycles. The summed E-state index contributed by atoms with van der Waals surface area (Å²) in [6.45, 7) is 3.64. The summed E-state index contributed by atoms with van der Waals surface area (Å²) in [5, 5.41) is 2.60. The minimum Gasteiger partial charge on any atom is -0.493 e. The first-order valence-electron chi connectivity index (χ1n) is 8.28. The van der Waals surface area contributed by atoms with Crippen molar-refractivity contribution in [3.05, 3.63) is 23.8 Å². The fraction of sp³-hybridized carbons (Fsp3) is 0.529. The lowest BCUT2D eigenvalue weighted by atomic mass is 10.2. The lowest BCUT2D eigenvalue weighted by Crippen LogP contribution is -2.42. The van der Waals surface area contributed by atoms with Gasteiger partial charge in [-0.25, -0.2) is 13.2 Å². The highest BCUT2D eigenvalue weighted by molar-refractivity contribution is 7.91. The van der Waals surface area contributed by atoms with Crippen LogP contribution in [0, 0.1) is 0 Å². The van der Waals surface area contributed by atoms with Gasteiger partial charge in [-0.05, 0) is 38.5 Å². The van der Waals surface area contributed by atoms with Gasteiger partial charge in [0, 0.05) is 6.04 Å². The minimum absolute atomic E-state index is 0.0537. The molecule has 0 unspecified atom stereocenters. The fourth-order valence-corrected chi connectivity index (χ4v) is 4.25. The van der Waals surface area contributed by atoms with Crippen LogP contribution in [-0.4, -0.2) is 57.7 Å². The zero-order valence-electron chi connectivity index (χ0n) is 15.0. The van der Waals surface area contributed by atoms with Crippen LogP contribution in [0.4, 0.5) is 0 Å². The Hall–Kier alpha value is -2.29. The lowest BCUT2D eigenvalue weighted by Gasteiger charge is -2.17. The molecule has 1 heterocycles. The molecule has 1 aromatic carbocycles. The molecule has 1 aromatic rings. The van der Waals surface area contributed by atoms with Crippen LogP contribution in [0.2, 0.25) is 0 Å². The average molecular weight is 385 g/mol. The lowest BCUT2D eigenvalue weighted by molar-refractivity contribution is -0.129. The van der Waals surface area contributed by atoms with E-state index in [1.807, 2.05) is 0 Å². The van der Waals surface area contributed by atoms with Crippen LogP contribution in [0.25, 0.3) is 0 Å². The first-order valence-corrected chi connectivity index (χ1v) is 10.1. The number of rotatable bonds is 7. The van der Waals surface area contributed by atoms with Gasteiger partial charge in [0.15, 0.2) is 27.4 Å². The van der Waals surface area contributed by atoms with E-state index in [4.69, 9.17) is 14.2 Å². The first-order chi connectivity index (χ1) is 12.3. The third kappa shape index (κ3) is 5.10. The molecule has 144 valence electrons. The molecule has 0 aliphatic carbocycles. The van der Waals surface area contributed by atoms with Gasteiger partial charge in [-0.15, -0.1) is 0 Å². The van der Waals surface area contributed by atoms with Crippen LogP contribution in [-0.2, 0) is 19.4 Å². The van der Waals surface area contributed by atoms with Crippen molar-refractivity contribution in [2.24, 2.45) is 0 Å². The van der Waals surface area contributed by atoms with Crippen LogP contribution in [0.15, 0.2) is 18.2 Å². The zero-order valence-corrected chi connectivity index (χ0v) is 15.8. The summed E-state index contributed by atoms with van der Waals surface area (Å²) < 4.78 is 38.6. The Kier molecular flexibility index (Phi) is 6.47. The Bertz CT molecular complexity index is 775. The zero-order chi connectivity index (χ0) is 19.3. The van der Waals surface area contributed by atoms with Crippen LogP contribution in [0.1, 0.15) is 30.6 Å². The van der Waals surface area contributed by atoms with Gasteiger partial charge in [-0.3, -0.25) is 4.79 Å². The Morgan fingerprint density at radius 2 is 2.04 bits per heavy atom.